The van der Waals surface area contributed by atoms with E-state index in [2.05, 4.69) is 10.1 Å². The van der Waals surface area contributed by atoms with Gasteiger partial charge in [-0.05, 0) is 26.0 Å². The van der Waals surface area contributed by atoms with Crippen LogP contribution in [0.5, 0.6) is 0 Å². The second kappa shape index (κ2) is 4.53. The Balaban J connectivity index is 2.54. The Kier molecular flexibility index (Phi) is 3.07. The lowest BCUT2D eigenvalue weighted by molar-refractivity contribution is -0.385. The van der Waals surface area contributed by atoms with Gasteiger partial charge in [-0.15, -0.1) is 0 Å². The zero-order valence-electron chi connectivity index (χ0n) is 9.99. The number of aryl methyl sites for hydroxylation is 2. The molecule has 1 N–H and O–H groups in total. The number of hydrogen-bond donors (Lipinski definition) is 1. The lowest BCUT2D eigenvalue weighted by Crippen LogP contribution is -2.02. The molecule has 0 amide bonds. The number of benzene rings is 1. The maximum atomic E-state index is 10.8. The van der Waals surface area contributed by atoms with Crippen LogP contribution in [-0.2, 0) is 6.61 Å². The highest BCUT2D eigenvalue weighted by Crippen LogP contribution is 2.22. The Morgan fingerprint density at radius 1 is 1.44 bits per heavy atom. The van der Waals surface area contributed by atoms with Crippen LogP contribution < -0.4 is 0 Å². The third-order valence-corrected chi connectivity index (χ3v) is 2.55. The molecule has 7 heteroatoms. The van der Waals surface area contributed by atoms with Crippen LogP contribution in [0.15, 0.2) is 18.2 Å². The highest BCUT2D eigenvalue weighted by molar-refractivity contribution is 5.48. The van der Waals surface area contributed by atoms with E-state index in [0.29, 0.717) is 17.3 Å². The van der Waals surface area contributed by atoms with Gasteiger partial charge in [0.2, 0.25) is 0 Å². The first kappa shape index (κ1) is 12.2. The highest BCUT2D eigenvalue weighted by atomic mass is 16.6. The van der Waals surface area contributed by atoms with Crippen molar-refractivity contribution in [1.82, 2.24) is 14.8 Å². The molecular weight excluding hydrogens is 236 g/mol. The van der Waals surface area contributed by atoms with E-state index in [1.54, 1.807) is 30.7 Å². The summed E-state index contributed by atoms with van der Waals surface area (Å²) in [5, 5.41) is 24.1. The lowest BCUT2D eigenvalue weighted by Gasteiger charge is -2.05. The van der Waals surface area contributed by atoms with Crippen LogP contribution in [0.3, 0.4) is 0 Å². The summed E-state index contributed by atoms with van der Waals surface area (Å²) in [5.74, 6) is 1.31. The molecule has 0 fully saturated rings. The maximum Gasteiger partial charge on any atom is 0.275 e. The summed E-state index contributed by atoms with van der Waals surface area (Å²) in [6.07, 6.45) is 0. The van der Waals surface area contributed by atoms with Gasteiger partial charge in [0.1, 0.15) is 11.6 Å². The van der Waals surface area contributed by atoms with E-state index in [-0.39, 0.29) is 11.3 Å². The van der Waals surface area contributed by atoms with Crippen LogP contribution >= 0.6 is 0 Å². The quantitative estimate of drug-likeness (QED) is 0.652. The Labute approximate surface area is 103 Å². The van der Waals surface area contributed by atoms with Crippen molar-refractivity contribution in [3.8, 4) is 5.69 Å². The summed E-state index contributed by atoms with van der Waals surface area (Å²) in [6.45, 7) is 3.17. The topological polar surface area (TPSA) is 94.1 Å². The monoisotopic (exact) mass is 248 g/mol. The molecule has 2 rings (SSSR count). The predicted molar refractivity (Wildman–Crippen MR) is 63.4 cm³/mol. The second-order valence-corrected chi connectivity index (χ2v) is 3.85. The summed E-state index contributed by atoms with van der Waals surface area (Å²) in [4.78, 5) is 14.4. The first-order chi connectivity index (χ1) is 8.52. The van der Waals surface area contributed by atoms with Gasteiger partial charge < -0.3 is 5.11 Å². The molecule has 0 aliphatic carbocycles. The van der Waals surface area contributed by atoms with Crippen LogP contribution in [0.1, 0.15) is 17.2 Å². The number of aliphatic hydroxyl groups is 1. The van der Waals surface area contributed by atoms with Gasteiger partial charge in [-0.3, -0.25) is 10.1 Å². The molecule has 0 bridgehead atoms. The van der Waals surface area contributed by atoms with Crippen molar-refractivity contribution in [1.29, 1.82) is 0 Å². The fourth-order valence-electron chi connectivity index (χ4n) is 1.77. The SMILES string of the molecule is Cc1nc(C)n(-c2ccc([N+](=O)[O-])c(CO)c2)n1. The number of nitro benzene ring substituents is 1. The van der Waals surface area contributed by atoms with E-state index in [1.165, 1.54) is 6.07 Å². The first-order valence-electron chi connectivity index (χ1n) is 5.31. The van der Waals surface area contributed by atoms with Gasteiger partial charge in [-0.2, -0.15) is 5.10 Å². The molecule has 18 heavy (non-hydrogen) atoms. The molecule has 94 valence electrons. The third kappa shape index (κ3) is 2.07. The Bertz CT molecular complexity index is 606. The minimum atomic E-state index is -0.519. The molecule has 0 unspecified atom stereocenters. The van der Waals surface area contributed by atoms with Gasteiger partial charge >= 0.3 is 0 Å². The van der Waals surface area contributed by atoms with Crippen LogP contribution in [0.4, 0.5) is 5.69 Å². The highest BCUT2D eigenvalue weighted by Gasteiger charge is 2.15. The zero-order chi connectivity index (χ0) is 13.3. The number of nitro groups is 1. The fourth-order valence-corrected chi connectivity index (χ4v) is 1.77. The molecule has 0 aliphatic heterocycles. The van der Waals surface area contributed by atoms with Crippen molar-refractivity contribution in [3.05, 3.63) is 45.5 Å². The molecule has 1 aromatic heterocycles. The van der Waals surface area contributed by atoms with Crippen molar-refractivity contribution in [2.45, 2.75) is 20.5 Å². The summed E-state index contributed by atoms with van der Waals surface area (Å²) in [5.41, 5.74) is 0.795. The average molecular weight is 248 g/mol. The Morgan fingerprint density at radius 2 is 2.17 bits per heavy atom. The molecule has 1 aromatic carbocycles. The smallest absolute Gasteiger partial charge is 0.275 e. The van der Waals surface area contributed by atoms with E-state index in [9.17, 15) is 10.1 Å². The molecule has 7 nitrogen and oxygen atoms in total. The molecule has 2 aromatic rings. The molecule has 0 spiro atoms. The van der Waals surface area contributed by atoms with Gasteiger partial charge in [0, 0.05) is 6.07 Å². The van der Waals surface area contributed by atoms with Gasteiger partial charge in [-0.1, -0.05) is 0 Å². The first-order valence-corrected chi connectivity index (χ1v) is 5.31. The standard InChI is InChI=1S/C11H12N4O3/c1-7-12-8(2)14(13-7)10-3-4-11(15(17)18)9(5-10)6-16/h3-5,16H,6H2,1-2H3. The van der Waals surface area contributed by atoms with Crippen LogP contribution in [0.2, 0.25) is 0 Å². The van der Waals surface area contributed by atoms with Crippen LogP contribution in [0, 0.1) is 24.0 Å². The van der Waals surface area contributed by atoms with E-state index >= 15 is 0 Å². The van der Waals surface area contributed by atoms with Gasteiger partial charge in [0.05, 0.1) is 22.8 Å². The van der Waals surface area contributed by atoms with E-state index in [0.717, 1.165) is 0 Å². The molecule has 0 aliphatic rings. The molecule has 0 atom stereocenters. The Hall–Kier alpha value is -2.28. The predicted octanol–water partition coefficient (Wildman–Crippen LogP) is 1.28. The number of aliphatic hydroxyl groups excluding tert-OH is 1. The molecule has 1 heterocycles. The van der Waals surface area contributed by atoms with Gasteiger partial charge in [0.25, 0.3) is 5.69 Å². The number of nitrogens with zero attached hydrogens (tertiary/aromatic N) is 4. The second-order valence-electron chi connectivity index (χ2n) is 3.85. The average Bonchev–Trinajstić information content (AvgIpc) is 2.67. The van der Waals surface area contributed by atoms with Crippen molar-refractivity contribution in [2.75, 3.05) is 0 Å². The van der Waals surface area contributed by atoms with E-state index in [1.807, 2.05) is 0 Å². The van der Waals surface area contributed by atoms with Gasteiger partial charge in [0.15, 0.2) is 0 Å². The number of aromatic nitrogens is 3. The minimum absolute atomic E-state index is 0.101. The van der Waals surface area contributed by atoms with Crippen molar-refractivity contribution < 1.29 is 10.0 Å². The van der Waals surface area contributed by atoms with E-state index in [4.69, 9.17) is 5.11 Å². The van der Waals surface area contributed by atoms with E-state index < -0.39 is 11.5 Å². The van der Waals surface area contributed by atoms with Crippen molar-refractivity contribution >= 4 is 5.69 Å². The fraction of sp³-hybridized carbons (Fsp3) is 0.273. The summed E-state index contributed by atoms with van der Waals surface area (Å²) < 4.78 is 1.58. The van der Waals surface area contributed by atoms with Crippen LogP contribution in [-0.4, -0.2) is 24.8 Å². The number of hydrogen-bond acceptors (Lipinski definition) is 5. The molecular formula is C11H12N4O3. The number of rotatable bonds is 3. The third-order valence-electron chi connectivity index (χ3n) is 2.55. The molecule has 0 saturated carbocycles. The minimum Gasteiger partial charge on any atom is -0.391 e. The summed E-state index contributed by atoms with van der Waals surface area (Å²) in [7, 11) is 0. The zero-order valence-corrected chi connectivity index (χ0v) is 9.99. The molecule has 0 saturated heterocycles. The summed E-state index contributed by atoms with van der Waals surface area (Å²) >= 11 is 0. The largest absolute Gasteiger partial charge is 0.391 e. The normalized spacial score (nSPS) is 10.6. The molecule has 0 radical (unpaired) electrons. The van der Waals surface area contributed by atoms with Crippen molar-refractivity contribution in [3.63, 3.8) is 0 Å². The van der Waals surface area contributed by atoms with Gasteiger partial charge in [-0.25, -0.2) is 9.67 Å². The lowest BCUT2D eigenvalue weighted by atomic mass is 10.1. The summed E-state index contributed by atoms with van der Waals surface area (Å²) in [6, 6.07) is 4.48. The van der Waals surface area contributed by atoms with Crippen LogP contribution in [0.25, 0.3) is 5.69 Å². The van der Waals surface area contributed by atoms with Crippen molar-refractivity contribution in [2.24, 2.45) is 0 Å². The maximum absolute atomic E-state index is 10.8. The Morgan fingerprint density at radius 3 is 2.67 bits per heavy atom.